The Morgan fingerprint density at radius 2 is 1.79 bits per heavy atom. The molecule has 3 aromatic heterocycles. The normalized spacial score (nSPS) is 15.2. The largest absolute Gasteiger partial charge is 0.417 e. The predicted molar refractivity (Wildman–Crippen MR) is 100 cm³/mol. The number of amides is 1. The Morgan fingerprint density at radius 3 is 2.41 bits per heavy atom. The van der Waals surface area contributed by atoms with E-state index in [-0.39, 0.29) is 22.3 Å². The molecule has 0 radical (unpaired) electrons. The average Bonchev–Trinajstić information content (AvgIpc) is 3.04. The molecule has 0 bridgehead atoms. The quantitative estimate of drug-likeness (QED) is 0.632. The molecule has 11 heteroatoms. The molecule has 152 valence electrons. The summed E-state index contributed by atoms with van der Waals surface area (Å²) in [7, 11) is 0. The number of hydrogen-bond acceptors (Lipinski definition) is 5. The zero-order chi connectivity index (χ0) is 20.8. The topological polar surface area (TPSA) is 66.6 Å². The number of carbonyl (C=O) groups excluding carboxylic acids is 1. The Hall–Kier alpha value is -2.88. The molecular formula is C18H16ClF3N6O. The van der Waals surface area contributed by atoms with Crippen LogP contribution in [0.25, 0.3) is 5.65 Å². The fourth-order valence-electron chi connectivity index (χ4n) is 3.34. The van der Waals surface area contributed by atoms with E-state index in [1.165, 1.54) is 0 Å². The molecule has 0 spiro atoms. The van der Waals surface area contributed by atoms with Gasteiger partial charge in [-0.2, -0.15) is 13.2 Å². The minimum absolute atomic E-state index is 0.0809. The number of aryl methyl sites for hydroxylation is 1. The summed E-state index contributed by atoms with van der Waals surface area (Å²) in [6.07, 6.45) is -0.437. The second-order valence-electron chi connectivity index (χ2n) is 6.64. The summed E-state index contributed by atoms with van der Waals surface area (Å²) in [5, 5.41) is -0.159. The van der Waals surface area contributed by atoms with E-state index in [2.05, 4.69) is 15.0 Å². The van der Waals surface area contributed by atoms with Crippen LogP contribution in [0.3, 0.4) is 0 Å². The smallest absolute Gasteiger partial charge is 0.337 e. The Bertz CT molecular complexity index is 1060. The minimum Gasteiger partial charge on any atom is -0.337 e. The Labute approximate surface area is 168 Å². The van der Waals surface area contributed by atoms with Crippen LogP contribution in [-0.2, 0) is 6.18 Å². The summed E-state index contributed by atoms with van der Waals surface area (Å²) in [6, 6.07) is 2.54. The second kappa shape index (κ2) is 7.18. The van der Waals surface area contributed by atoms with Crippen molar-refractivity contribution in [3.8, 4) is 0 Å². The first kappa shape index (κ1) is 19.4. The first-order valence-electron chi connectivity index (χ1n) is 8.82. The van der Waals surface area contributed by atoms with E-state index < -0.39 is 11.7 Å². The molecule has 0 saturated carbocycles. The van der Waals surface area contributed by atoms with Gasteiger partial charge in [-0.3, -0.25) is 9.20 Å². The van der Waals surface area contributed by atoms with E-state index in [0.717, 1.165) is 16.7 Å². The van der Waals surface area contributed by atoms with Gasteiger partial charge in [-0.25, -0.2) is 15.0 Å². The summed E-state index contributed by atoms with van der Waals surface area (Å²) in [5.41, 5.74) is -0.410. The highest BCUT2D eigenvalue weighted by Gasteiger charge is 2.34. The van der Waals surface area contributed by atoms with Gasteiger partial charge in [-0.05, 0) is 19.1 Å². The molecule has 0 aliphatic carbocycles. The van der Waals surface area contributed by atoms with Gasteiger partial charge in [0.15, 0.2) is 5.65 Å². The van der Waals surface area contributed by atoms with Crippen molar-refractivity contribution in [3.63, 3.8) is 0 Å². The highest BCUT2D eigenvalue weighted by molar-refractivity contribution is 6.33. The number of imidazole rings is 1. The number of halogens is 4. The molecule has 7 nitrogen and oxygen atoms in total. The van der Waals surface area contributed by atoms with Crippen LogP contribution >= 0.6 is 11.6 Å². The van der Waals surface area contributed by atoms with Crippen molar-refractivity contribution in [2.24, 2.45) is 0 Å². The molecule has 0 unspecified atom stereocenters. The monoisotopic (exact) mass is 424 g/mol. The van der Waals surface area contributed by atoms with Gasteiger partial charge in [0.25, 0.3) is 5.91 Å². The molecule has 1 aliphatic heterocycles. The summed E-state index contributed by atoms with van der Waals surface area (Å²) in [4.78, 5) is 29.2. The zero-order valence-corrected chi connectivity index (χ0v) is 16.1. The summed E-state index contributed by atoms with van der Waals surface area (Å²) < 4.78 is 40.7. The lowest BCUT2D eigenvalue weighted by molar-refractivity contribution is -0.137. The molecule has 1 saturated heterocycles. The van der Waals surface area contributed by atoms with E-state index >= 15 is 0 Å². The average molecular weight is 425 g/mol. The van der Waals surface area contributed by atoms with Gasteiger partial charge >= 0.3 is 6.18 Å². The molecule has 1 fully saturated rings. The number of nitrogens with zero attached hydrogens (tertiary/aromatic N) is 6. The van der Waals surface area contributed by atoms with Gasteiger partial charge in [-0.15, -0.1) is 0 Å². The third-order valence-electron chi connectivity index (χ3n) is 4.78. The van der Waals surface area contributed by atoms with Gasteiger partial charge < -0.3 is 9.80 Å². The van der Waals surface area contributed by atoms with E-state index in [9.17, 15) is 18.0 Å². The van der Waals surface area contributed by atoms with Crippen LogP contribution in [0.2, 0.25) is 5.02 Å². The Kier molecular flexibility index (Phi) is 4.81. The summed E-state index contributed by atoms with van der Waals surface area (Å²) in [5.74, 6) is 0.186. The molecule has 0 atom stereocenters. The van der Waals surface area contributed by atoms with Crippen LogP contribution in [0.1, 0.15) is 21.7 Å². The zero-order valence-electron chi connectivity index (χ0n) is 15.3. The third-order valence-corrected chi connectivity index (χ3v) is 5.06. The number of aromatic nitrogens is 4. The maximum atomic E-state index is 13.2. The van der Waals surface area contributed by atoms with Crippen LogP contribution < -0.4 is 4.90 Å². The molecule has 4 rings (SSSR count). The first-order chi connectivity index (χ1) is 13.8. The molecule has 1 amide bonds. The van der Waals surface area contributed by atoms with E-state index in [4.69, 9.17) is 11.6 Å². The van der Waals surface area contributed by atoms with Gasteiger partial charge in [-0.1, -0.05) is 11.6 Å². The maximum Gasteiger partial charge on any atom is 0.417 e. The number of pyridine rings is 1. The van der Waals surface area contributed by atoms with E-state index in [1.54, 1.807) is 30.3 Å². The number of piperazine rings is 1. The van der Waals surface area contributed by atoms with Crippen LogP contribution in [0.5, 0.6) is 0 Å². The number of fused-ring (bicyclic) bond motifs is 1. The summed E-state index contributed by atoms with van der Waals surface area (Å²) >= 11 is 6.00. The van der Waals surface area contributed by atoms with Gasteiger partial charge in [0.2, 0.25) is 5.95 Å². The van der Waals surface area contributed by atoms with Crippen molar-refractivity contribution in [2.45, 2.75) is 13.1 Å². The van der Waals surface area contributed by atoms with Crippen LogP contribution in [0.15, 0.2) is 30.7 Å². The van der Waals surface area contributed by atoms with Crippen molar-refractivity contribution < 1.29 is 18.0 Å². The second-order valence-corrected chi connectivity index (χ2v) is 7.05. The number of alkyl halides is 3. The fourth-order valence-corrected chi connectivity index (χ4v) is 3.59. The van der Waals surface area contributed by atoms with Crippen LogP contribution in [-0.4, -0.2) is 56.3 Å². The Morgan fingerprint density at radius 1 is 1.14 bits per heavy atom. The number of anilines is 1. The fraction of sp³-hybridized carbons (Fsp3) is 0.333. The lowest BCUT2D eigenvalue weighted by Gasteiger charge is -2.34. The van der Waals surface area contributed by atoms with Crippen LogP contribution in [0.4, 0.5) is 19.1 Å². The number of hydrogen-bond donors (Lipinski definition) is 0. The van der Waals surface area contributed by atoms with Crippen molar-refractivity contribution in [3.05, 3.63) is 52.7 Å². The van der Waals surface area contributed by atoms with Gasteiger partial charge in [0, 0.05) is 44.8 Å². The standard InChI is InChI=1S/C18H16ClF3N6O/c1-11-14(28-10-12(18(20,21)22)9-13(19)15(28)25-11)16(29)26-5-7-27(8-6-26)17-23-3-2-4-24-17/h2-4,9-10H,5-8H2,1H3. The van der Waals surface area contributed by atoms with E-state index in [0.29, 0.717) is 37.8 Å². The van der Waals surface area contributed by atoms with Gasteiger partial charge in [0.1, 0.15) is 5.69 Å². The molecule has 0 aromatic carbocycles. The van der Waals surface area contributed by atoms with Gasteiger partial charge in [0.05, 0.1) is 16.3 Å². The molecule has 4 heterocycles. The lowest BCUT2D eigenvalue weighted by Crippen LogP contribution is -2.49. The molecule has 0 N–H and O–H groups in total. The maximum absolute atomic E-state index is 13.2. The minimum atomic E-state index is -4.59. The SMILES string of the molecule is Cc1nc2c(Cl)cc(C(F)(F)F)cn2c1C(=O)N1CCN(c2ncccn2)CC1. The highest BCUT2D eigenvalue weighted by atomic mass is 35.5. The van der Waals surface area contributed by atoms with E-state index in [1.807, 2.05) is 4.90 Å². The van der Waals surface area contributed by atoms with Crippen molar-refractivity contribution in [1.29, 1.82) is 0 Å². The predicted octanol–water partition coefficient (Wildman–Crippen LogP) is 3.07. The first-order valence-corrected chi connectivity index (χ1v) is 9.20. The molecular weight excluding hydrogens is 409 g/mol. The number of carbonyl (C=O) groups is 1. The lowest BCUT2D eigenvalue weighted by atomic mass is 10.2. The van der Waals surface area contributed by atoms with Crippen molar-refractivity contribution in [1.82, 2.24) is 24.3 Å². The molecule has 1 aliphatic rings. The van der Waals surface area contributed by atoms with Crippen molar-refractivity contribution >= 4 is 29.1 Å². The molecule has 29 heavy (non-hydrogen) atoms. The van der Waals surface area contributed by atoms with Crippen LogP contribution in [0, 0.1) is 6.92 Å². The Balaban J connectivity index is 1.62. The third kappa shape index (κ3) is 3.59. The van der Waals surface area contributed by atoms with Crippen molar-refractivity contribution in [2.75, 3.05) is 31.1 Å². The highest BCUT2D eigenvalue weighted by Crippen LogP contribution is 2.33. The number of rotatable bonds is 2. The molecule has 3 aromatic rings. The summed E-state index contributed by atoms with van der Waals surface area (Å²) in [6.45, 7) is 3.38.